The summed E-state index contributed by atoms with van der Waals surface area (Å²) in [6.45, 7) is 4.17. The van der Waals surface area contributed by atoms with Gasteiger partial charge in [0.25, 0.3) is 0 Å². The van der Waals surface area contributed by atoms with Crippen LogP contribution in [0.15, 0.2) is 0 Å². The summed E-state index contributed by atoms with van der Waals surface area (Å²) in [5, 5.41) is 7.15. The van der Waals surface area contributed by atoms with Crippen molar-refractivity contribution < 1.29 is 9.53 Å². The van der Waals surface area contributed by atoms with Gasteiger partial charge in [-0.15, -0.1) is 0 Å². The molecule has 3 aliphatic rings. The zero-order chi connectivity index (χ0) is 13.2. The van der Waals surface area contributed by atoms with Gasteiger partial charge in [-0.05, 0) is 19.1 Å². The summed E-state index contributed by atoms with van der Waals surface area (Å²) in [4.78, 5) is 14.7. The van der Waals surface area contributed by atoms with Crippen LogP contribution in [0.25, 0.3) is 0 Å². The molecule has 0 aromatic heterocycles. The zero-order valence-corrected chi connectivity index (χ0v) is 12.2. The number of hydrogen-bond donors (Lipinski definition) is 2. The van der Waals surface area contributed by atoms with Gasteiger partial charge in [-0.25, -0.2) is 0 Å². The minimum atomic E-state index is -0.103. The van der Waals surface area contributed by atoms with Crippen LogP contribution in [0.2, 0.25) is 0 Å². The Labute approximate surface area is 118 Å². The van der Waals surface area contributed by atoms with E-state index in [1.807, 2.05) is 11.8 Å². The molecule has 5 nitrogen and oxygen atoms in total. The van der Waals surface area contributed by atoms with Gasteiger partial charge in [0.15, 0.2) is 0 Å². The van der Waals surface area contributed by atoms with Crippen molar-refractivity contribution in [3.05, 3.63) is 0 Å². The SMILES string of the molecule is CSC1CNCC1N1CCOCC1C(=O)NC1CC1. The number of carbonyl (C=O) groups excluding carboxylic acids is 1. The quantitative estimate of drug-likeness (QED) is 0.741. The van der Waals surface area contributed by atoms with Gasteiger partial charge >= 0.3 is 0 Å². The largest absolute Gasteiger partial charge is 0.378 e. The highest BCUT2D eigenvalue weighted by Gasteiger charge is 2.40. The Morgan fingerprint density at radius 3 is 3.00 bits per heavy atom. The monoisotopic (exact) mass is 285 g/mol. The summed E-state index contributed by atoms with van der Waals surface area (Å²) >= 11 is 1.90. The number of amides is 1. The Bertz CT molecular complexity index is 338. The highest BCUT2D eigenvalue weighted by molar-refractivity contribution is 7.99. The van der Waals surface area contributed by atoms with Gasteiger partial charge in [-0.1, -0.05) is 0 Å². The van der Waals surface area contributed by atoms with E-state index in [0.29, 0.717) is 23.9 Å². The second-order valence-electron chi connectivity index (χ2n) is 5.61. The number of hydrogen-bond acceptors (Lipinski definition) is 5. The Balaban J connectivity index is 1.67. The molecule has 2 N–H and O–H groups in total. The fourth-order valence-corrected chi connectivity index (χ4v) is 3.83. The highest BCUT2D eigenvalue weighted by atomic mass is 32.2. The van der Waals surface area contributed by atoms with Crippen molar-refractivity contribution in [1.82, 2.24) is 15.5 Å². The predicted molar refractivity (Wildman–Crippen MR) is 76.4 cm³/mol. The second kappa shape index (κ2) is 5.99. The third-order valence-electron chi connectivity index (χ3n) is 4.25. The van der Waals surface area contributed by atoms with Crippen LogP contribution >= 0.6 is 11.8 Å². The van der Waals surface area contributed by atoms with E-state index in [-0.39, 0.29) is 11.9 Å². The van der Waals surface area contributed by atoms with Gasteiger partial charge in [0, 0.05) is 37.0 Å². The van der Waals surface area contributed by atoms with Crippen LogP contribution < -0.4 is 10.6 Å². The third-order valence-corrected chi connectivity index (χ3v) is 5.34. The number of morpholine rings is 1. The maximum absolute atomic E-state index is 12.4. The fourth-order valence-electron chi connectivity index (χ4n) is 2.98. The molecule has 2 saturated heterocycles. The van der Waals surface area contributed by atoms with Crippen molar-refractivity contribution in [3.63, 3.8) is 0 Å². The summed E-state index contributed by atoms with van der Waals surface area (Å²) in [6.07, 6.45) is 4.43. The molecule has 0 radical (unpaired) electrons. The molecule has 0 aromatic rings. The van der Waals surface area contributed by atoms with Gasteiger partial charge in [-0.2, -0.15) is 11.8 Å². The molecule has 3 atom stereocenters. The van der Waals surface area contributed by atoms with E-state index in [2.05, 4.69) is 21.8 Å². The van der Waals surface area contributed by atoms with Crippen molar-refractivity contribution in [1.29, 1.82) is 0 Å². The predicted octanol–water partition coefficient (Wildman–Crippen LogP) is -0.331. The number of rotatable bonds is 4. The summed E-state index contributed by atoms with van der Waals surface area (Å²) in [6, 6.07) is 0.775. The number of ether oxygens (including phenoxy) is 1. The topological polar surface area (TPSA) is 53.6 Å². The van der Waals surface area contributed by atoms with Crippen LogP contribution in [0.3, 0.4) is 0 Å². The van der Waals surface area contributed by atoms with E-state index in [9.17, 15) is 4.79 Å². The summed E-state index contributed by atoms with van der Waals surface area (Å²) in [5.41, 5.74) is 0. The maximum Gasteiger partial charge on any atom is 0.239 e. The summed E-state index contributed by atoms with van der Waals surface area (Å²) < 4.78 is 5.53. The van der Waals surface area contributed by atoms with Gasteiger partial charge in [0.1, 0.15) is 6.04 Å². The molecule has 2 heterocycles. The minimum absolute atomic E-state index is 0.103. The van der Waals surface area contributed by atoms with Crippen LogP contribution in [0, 0.1) is 0 Å². The van der Waals surface area contributed by atoms with Crippen LogP contribution in [0.1, 0.15) is 12.8 Å². The van der Waals surface area contributed by atoms with Crippen LogP contribution in [0.5, 0.6) is 0 Å². The lowest BCUT2D eigenvalue weighted by molar-refractivity contribution is -0.134. The first-order valence-electron chi connectivity index (χ1n) is 7.17. The van der Waals surface area contributed by atoms with E-state index < -0.39 is 0 Å². The van der Waals surface area contributed by atoms with Crippen molar-refractivity contribution in [2.45, 2.75) is 36.2 Å². The fraction of sp³-hybridized carbons (Fsp3) is 0.923. The average molecular weight is 285 g/mol. The molecule has 3 fully saturated rings. The first kappa shape index (κ1) is 13.7. The zero-order valence-electron chi connectivity index (χ0n) is 11.4. The minimum Gasteiger partial charge on any atom is -0.378 e. The molecule has 108 valence electrons. The molecule has 2 aliphatic heterocycles. The molecule has 3 unspecified atom stereocenters. The Morgan fingerprint density at radius 1 is 1.42 bits per heavy atom. The lowest BCUT2D eigenvalue weighted by Gasteiger charge is -2.40. The molecule has 19 heavy (non-hydrogen) atoms. The number of thioether (sulfide) groups is 1. The highest BCUT2D eigenvalue weighted by Crippen LogP contribution is 2.25. The molecule has 1 amide bonds. The third kappa shape index (κ3) is 3.07. The summed E-state index contributed by atoms with van der Waals surface area (Å²) in [7, 11) is 0. The summed E-state index contributed by atoms with van der Waals surface area (Å²) in [5.74, 6) is 0.161. The standard InChI is InChI=1S/C13H23N3O2S/c1-19-12-7-14-6-10(12)16-4-5-18-8-11(16)13(17)15-9-2-3-9/h9-12,14H,2-8H2,1H3,(H,15,17). The lowest BCUT2D eigenvalue weighted by atomic mass is 10.1. The van der Waals surface area contributed by atoms with E-state index in [1.54, 1.807) is 0 Å². The van der Waals surface area contributed by atoms with Gasteiger partial charge in [-0.3, -0.25) is 9.69 Å². The lowest BCUT2D eigenvalue weighted by Crippen LogP contribution is -2.59. The first-order chi connectivity index (χ1) is 9.29. The van der Waals surface area contributed by atoms with E-state index in [4.69, 9.17) is 4.74 Å². The van der Waals surface area contributed by atoms with Crippen LogP contribution in [-0.4, -0.2) is 73.3 Å². The molecule has 0 spiro atoms. The smallest absolute Gasteiger partial charge is 0.239 e. The Morgan fingerprint density at radius 2 is 2.26 bits per heavy atom. The Kier molecular flexibility index (Phi) is 4.31. The average Bonchev–Trinajstić information content (AvgIpc) is 3.12. The van der Waals surface area contributed by atoms with Crippen molar-refractivity contribution in [2.75, 3.05) is 39.1 Å². The molecule has 1 saturated carbocycles. The van der Waals surface area contributed by atoms with Gasteiger partial charge in [0.05, 0.1) is 13.2 Å². The van der Waals surface area contributed by atoms with E-state index >= 15 is 0 Å². The number of nitrogens with one attached hydrogen (secondary N) is 2. The molecule has 1 aliphatic carbocycles. The number of nitrogens with zero attached hydrogens (tertiary/aromatic N) is 1. The molecule has 3 rings (SSSR count). The van der Waals surface area contributed by atoms with Gasteiger partial charge in [0.2, 0.25) is 5.91 Å². The van der Waals surface area contributed by atoms with Gasteiger partial charge < -0.3 is 15.4 Å². The van der Waals surface area contributed by atoms with E-state index in [1.165, 1.54) is 0 Å². The van der Waals surface area contributed by atoms with Crippen LogP contribution in [-0.2, 0) is 9.53 Å². The van der Waals surface area contributed by atoms with E-state index in [0.717, 1.165) is 39.1 Å². The molecule has 0 aromatic carbocycles. The van der Waals surface area contributed by atoms with Crippen molar-refractivity contribution in [2.24, 2.45) is 0 Å². The van der Waals surface area contributed by atoms with Crippen molar-refractivity contribution in [3.8, 4) is 0 Å². The van der Waals surface area contributed by atoms with Crippen molar-refractivity contribution >= 4 is 17.7 Å². The molecule has 6 heteroatoms. The number of carbonyl (C=O) groups is 1. The molecular weight excluding hydrogens is 262 g/mol. The Hall–Kier alpha value is -0.300. The first-order valence-corrected chi connectivity index (χ1v) is 8.45. The maximum atomic E-state index is 12.4. The second-order valence-corrected chi connectivity index (χ2v) is 6.69. The molecular formula is C13H23N3O2S. The normalized spacial score (nSPS) is 36.4. The molecule has 0 bridgehead atoms. The van der Waals surface area contributed by atoms with Crippen LogP contribution in [0.4, 0.5) is 0 Å².